The Morgan fingerprint density at radius 1 is 1.00 bits per heavy atom. The third-order valence-corrected chi connectivity index (χ3v) is 0. The van der Waals surface area contributed by atoms with Crippen LogP contribution in [-0.2, 0) is 0 Å². The molecule has 0 fully saturated rings. The van der Waals surface area contributed by atoms with E-state index in [4.69, 9.17) is 17.1 Å². The molecule has 0 nitrogen and oxygen atoms in total. The summed E-state index contributed by atoms with van der Waals surface area (Å²) < 4.78 is 0. The van der Waals surface area contributed by atoms with Gasteiger partial charge in [-0.15, -0.1) is 0 Å². The van der Waals surface area contributed by atoms with Crippen molar-refractivity contribution in [1.29, 1.82) is 0 Å². The molecule has 0 atom stereocenters. The van der Waals surface area contributed by atoms with Crippen molar-refractivity contribution in [2.24, 2.45) is 0 Å². The third-order valence-electron chi connectivity index (χ3n) is 0. The molecule has 0 aromatic rings. The minimum atomic E-state index is -2.31. The summed E-state index contributed by atoms with van der Waals surface area (Å²) in [6, 6.07) is 0. The number of hydrogen-bond acceptors (Lipinski definition) is 0. The van der Waals surface area contributed by atoms with E-state index < -0.39 is 30.3 Å². The van der Waals surface area contributed by atoms with Gasteiger partial charge in [0.05, 0.1) is 0 Å². The fraction of sp³-hybridized carbons (Fsp3) is 0. The van der Waals surface area contributed by atoms with Gasteiger partial charge in [-0.1, -0.05) is 0 Å². The van der Waals surface area contributed by atoms with E-state index in [9.17, 15) is 0 Å². The molecule has 0 bridgehead atoms. The van der Waals surface area contributed by atoms with Gasteiger partial charge in [0.1, 0.15) is 0 Å². The monoisotopic (exact) mass is 288 g/mol. The van der Waals surface area contributed by atoms with Gasteiger partial charge in [-0.05, 0) is 0 Å². The normalized spacial score (nSPS) is 5.40. The fourth-order valence-electron chi connectivity index (χ4n) is 0. The maximum absolute atomic E-state index is 5.03. The van der Waals surface area contributed by atoms with Gasteiger partial charge in [-0.2, -0.15) is 0 Å². The first-order chi connectivity index (χ1) is 1.73. The summed E-state index contributed by atoms with van der Waals surface area (Å²) >= 11 is -2.31. The van der Waals surface area contributed by atoms with Crippen LogP contribution in [0.2, 0.25) is 0 Å². The Hall–Kier alpha value is 3.49. The van der Waals surface area contributed by atoms with Crippen LogP contribution in [0.3, 0.4) is 0 Å². The van der Waals surface area contributed by atoms with Crippen LogP contribution in [0.4, 0.5) is 0 Å². The summed E-state index contributed by atoms with van der Waals surface area (Å²) in [5.41, 5.74) is 15.1. The van der Waals surface area contributed by atoms with Gasteiger partial charge in [-0.3, -0.25) is 0 Å². The van der Waals surface area contributed by atoms with Crippen LogP contribution in [0.25, 0.3) is 0 Å². The van der Waals surface area contributed by atoms with Crippen molar-refractivity contribution in [3.05, 3.63) is 0 Å². The molecule has 0 aliphatic heterocycles. The Labute approximate surface area is 82.3 Å². The maximum atomic E-state index is 5.03. The molecule has 0 N–H and O–H groups in total. The van der Waals surface area contributed by atoms with Gasteiger partial charge in [0.15, 0.2) is 0 Å². The molecule has 28 valence electrons. The van der Waals surface area contributed by atoms with Crippen molar-refractivity contribution in [3.63, 3.8) is 0 Å². The summed E-state index contributed by atoms with van der Waals surface area (Å²) in [5.74, 6) is 0. The molecule has 0 heterocycles. The Bertz CT molecular complexity index is 11.6. The second kappa shape index (κ2) is 7.49. The third kappa shape index (κ3) is 18.5. The second-order valence-electron chi connectivity index (χ2n) is 0.247. The SMILES string of the molecule is [CaH2].[Cl][Pr]([Cl])[Cl]. The van der Waals surface area contributed by atoms with Crippen molar-refractivity contribution in [3.8, 4) is 0 Å². The summed E-state index contributed by atoms with van der Waals surface area (Å²) in [5, 5.41) is 0. The minimum absolute atomic E-state index is 0. The van der Waals surface area contributed by atoms with Crippen LogP contribution in [-0.4, -0.2) is 37.7 Å². The standard InChI is InChI=1S/Ca.3ClH.Pr.2H/h;3*1H;;;/q;;;;+3;;/p-3. The van der Waals surface area contributed by atoms with E-state index in [1.54, 1.807) is 0 Å². The van der Waals surface area contributed by atoms with Crippen LogP contribution in [0.1, 0.15) is 0 Å². The van der Waals surface area contributed by atoms with Crippen molar-refractivity contribution in [1.82, 2.24) is 0 Å². The predicted octanol–water partition coefficient (Wildman–Crippen LogP) is 1.15. The molecule has 0 aliphatic rings. The first-order valence-electron chi connectivity index (χ1n) is 0.655. The molecule has 0 aliphatic carbocycles. The topological polar surface area (TPSA) is 0 Å². The van der Waals surface area contributed by atoms with E-state index in [1.807, 2.05) is 0 Å². The Kier molecular flexibility index (Phi) is 17.0. The molecule has 5 heteroatoms. The molecule has 0 unspecified atom stereocenters. The Balaban J connectivity index is 0. The summed E-state index contributed by atoms with van der Waals surface area (Å²) in [6.45, 7) is 0. The van der Waals surface area contributed by atoms with E-state index >= 15 is 0 Å². The molecule has 0 amide bonds. The van der Waals surface area contributed by atoms with Crippen molar-refractivity contribution in [2.45, 2.75) is 0 Å². The first kappa shape index (κ1) is 11.3. The zero-order valence-electron chi connectivity index (χ0n) is 1.71. The summed E-state index contributed by atoms with van der Waals surface area (Å²) in [7, 11) is 0. The molecule has 0 spiro atoms. The zero-order valence-corrected chi connectivity index (χ0v) is 7.68. The van der Waals surface area contributed by atoms with Crippen LogP contribution in [0, 0.1) is 30.3 Å². The number of halogens is 3. The zero-order chi connectivity index (χ0) is 3.58. The quantitative estimate of drug-likeness (QED) is 0.587. The van der Waals surface area contributed by atoms with E-state index in [2.05, 4.69) is 0 Å². The average molecular weight is 289 g/mol. The second-order valence-corrected chi connectivity index (χ2v) is 16.5. The summed E-state index contributed by atoms with van der Waals surface area (Å²) in [4.78, 5) is 0. The van der Waals surface area contributed by atoms with E-state index in [1.165, 1.54) is 0 Å². The van der Waals surface area contributed by atoms with Crippen LogP contribution in [0.15, 0.2) is 0 Å². The van der Waals surface area contributed by atoms with Gasteiger partial charge in [0.25, 0.3) is 0 Å². The van der Waals surface area contributed by atoms with Crippen LogP contribution in [0.5, 0.6) is 0 Å². The van der Waals surface area contributed by atoms with Crippen molar-refractivity contribution >= 4 is 54.9 Å². The van der Waals surface area contributed by atoms with Gasteiger partial charge >= 0.3 is 85.2 Å². The molecule has 0 saturated carbocycles. The van der Waals surface area contributed by atoms with Gasteiger partial charge < -0.3 is 0 Å². The molecule has 0 saturated heterocycles. The van der Waals surface area contributed by atoms with E-state index in [0.29, 0.717) is 0 Å². The molecule has 5 heavy (non-hydrogen) atoms. The van der Waals surface area contributed by atoms with Crippen molar-refractivity contribution in [2.75, 3.05) is 0 Å². The van der Waals surface area contributed by atoms with Gasteiger partial charge in [0, 0.05) is 0 Å². The molecule has 0 aromatic heterocycles. The Morgan fingerprint density at radius 3 is 1.00 bits per heavy atom. The van der Waals surface area contributed by atoms with Crippen LogP contribution < -0.4 is 0 Å². The summed E-state index contributed by atoms with van der Waals surface area (Å²) in [6.07, 6.45) is 0. The Morgan fingerprint density at radius 2 is 1.00 bits per heavy atom. The van der Waals surface area contributed by atoms with E-state index in [0.717, 1.165) is 0 Å². The average Bonchev–Trinajstić information content (AvgIpc) is 0.811. The fourth-order valence-corrected chi connectivity index (χ4v) is 0. The molecule has 0 radical (unpaired) electrons. The molecular weight excluding hydrogens is 287 g/mol. The number of hydrogen-bond donors (Lipinski definition) is 0. The predicted molar refractivity (Wildman–Crippen MR) is 26.1 cm³/mol. The van der Waals surface area contributed by atoms with Crippen molar-refractivity contribution < 1.29 is 30.3 Å². The van der Waals surface area contributed by atoms with Gasteiger partial charge in [0.2, 0.25) is 0 Å². The first-order valence-corrected chi connectivity index (χ1v) is 14.6. The van der Waals surface area contributed by atoms with Crippen LogP contribution >= 0.6 is 17.1 Å². The molecule has 0 rings (SSSR count). The molecular formula is H2CaCl3Pr. The molecule has 0 aromatic carbocycles. The van der Waals surface area contributed by atoms with Gasteiger partial charge in [-0.25, -0.2) is 0 Å². The van der Waals surface area contributed by atoms with E-state index in [-0.39, 0.29) is 37.7 Å². The number of rotatable bonds is 0.